The van der Waals surface area contributed by atoms with Gasteiger partial charge < -0.3 is 15.4 Å². The van der Waals surface area contributed by atoms with Crippen LogP contribution in [0.1, 0.15) is 58.8 Å². The van der Waals surface area contributed by atoms with Crippen LogP contribution in [0.2, 0.25) is 0 Å². The van der Waals surface area contributed by atoms with Gasteiger partial charge in [-0.15, -0.1) is 0 Å². The largest absolute Gasteiger partial charge is 0.378 e. The van der Waals surface area contributed by atoms with Gasteiger partial charge in [-0.25, -0.2) is 0 Å². The van der Waals surface area contributed by atoms with Gasteiger partial charge in [0.25, 0.3) is 0 Å². The molecule has 1 aliphatic rings. The maximum atomic E-state index is 5.83. The van der Waals surface area contributed by atoms with Crippen LogP contribution in [0.3, 0.4) is 0 Å². The molecule has 0 aromatic rings. The van der Waals surface area contributed by atoms with E-state index in [0.717, 1.165) is 38.6 Å². The van der Waals surface area contributed by atoms with Gasteiger partial charge in [0.15, 0.2) is 5.96 Å². The van der Waals surface area contributed by atoms with Crippen molar-refractivity contribution in [3.05, 3.63) is 0 Å². The first-order chi connectivity index (χ1) is 9.36. The smallest absolute Gasteiger partial charge is 0.191 e. The molecule has 0 radical (unpaired) electrons. The van der Waals surface area contributed by atoms with E-state index < -0.39 is 0 Å². The minimum absolute atomic E-state index is 0.528. The summed E-state index contributed by atoms with van der Waals surface area (Å²) >= 11 is 0. The van der Waals surface area contributed by atoms with Crippen LogP contribution < -0.4 is 10.6 Å². The average molecular weight is 269 g/mol. The van der Waals surface area contributed by atoms with E-state index in [0.29, 0.717) is 6.10 Å². The fraction of sp³-hybridized carbons (Fsp3) is 0.933. The zero-order chi connectivity index (χ0) is 13.8. The quantitative estimate of drug-likeness (QED) is 0.384. The van der Waals surface area contributed by atoms with E-state index in [4.69, 9.17) is 4.74 Å². The third kappa shape index (κ3) is 8.09. The highest BCUT2D eigenvalue weighted by atomic mass is 16.5. The number of ether oxygens (including phenoxy) is 1. The van der Waals surface area contributed by atoms with Crippen LogP contribution in [0, 0.1) is 0 Å². The number of nitrogens with zero attached hydrogens (tertiary/aromatic N) is 1. The van der Waals surface area contributed by atoms with Crippen LogP contribution in [0.5, 0.6) is 0 Å². The molecule has 4 nitrogen and oxygen atoms in total. The van der Waals surface area contributed by atoms with Crippen molar-refractivity contribution < 1.29 is 4.74 Å². The molecule has 19 heavy (non-hydrogen) atoms. The van der Waals surface area contributed by atoms with E-state index in [1.54, 1.807) is 0 Å². The first-order valence-electron chi connectivity index (χ1n) is 8.00. The molecule has 1 fully saturated rings. The van der Waals surface area contributed by atoms with E-state index in [1.807, 2.05) is 0 Å². The summed E-state index contributed by atoms with van der Waals surface area (Å²) in [4.78, 5) is 4.56. The molecule has 1 saturated carbocycles. The maximum Gasteiger partial charge on any atom is 0.191 e. The van der Waals surface area contributed by atoms with E-state index in [9.17, 15) is 0 Å². The van der Waals surface area contributed by atoms with E-state index >= 15 is 0 Å². The summed E-state index contributed by atoms with van der Waals surface area (Å²) in [5.74, 6) is 0.941. The molecule has 0 unspecified atom stereocenters. The number of hydrogen-bond donors (Lipinski definition) is 2. The molecule has 0 aromatic carbocycles. The van der Waals surface area contributed by atoms with Crippen molar-refractivity contribution in [1.29, 1.82) is 0 Å². The second-order valence-electron chi connectivity index (χ2n) is 5.17. The van der Waals surface area contributed by atoms with Crippen LogP contribution in [-0.4, -0.2) is 38.3 Å². The lowest BCUT2D eigenvalue weighted by Gasteiger charge is -2.12. The van der Waals surface area contributed by atoms with E-state index in [-0.39, 0.29) is 0 Å². The lowest BCUT2D eigenvalue weighted by Crippen LogP contribution is -2.37. The van der Waals surface area contributed by atoms with Crippen LogP contribution in [0.15, 0.2) is 4.99 Å². The molecular formula is C15H31N3O. The summed E-state index contributed by atoms with van der Waals surface area (Å²) in [6.45, 7) is 7.90. The minimum atomic E-state index is 0.528. The molecule has 0 bridgehead atoms. The standard InChI is InChI=1S/C15H31N3O/c1-3-5-11-17-15(16-4-2)18-12-8-13-19-14-9-6-7-10-14/h14H,3-13H2,1-2H3,(H2,16,17,18). The predicted octanol–water partition coefficient (Wildman–Crippen LogP) is 2.69. The van der Waals surface area contributed by atoms with Crippen molar-refractivity contribution in [2.45, 2.75) is 64.9 Å². The number of nitrogens with one attached hydrogen (secondary N) is 2. The van der Waals surface area contributed by atoms with Crippen molar-refractivity contribution >= 4 is 5.96 Å². The Bertz CT molecular complexity index is 238. The molecule has 0 saturated heterocycles. The van der Waals surface area contributed by atoms with Gasteiger partial charge >= 0.3 is 0 Å². The highest BCUT2D eigenvalue weighted by Gasteiger charge is 2.14. The molecule has 0 amide bonds. The van der Waals surface area contributed by atoms with Gasteiger partial charge in [0, 0.05) is 26.2 Å². The normalized spacial score (nSPS) is 16.8. The number of aliphatic imine (C=N–C) groups is 1. The van der Waals surface area contributed by atoms with Gasteiger partial charge in [-0.1, -0.05) is 26.2 Å². The first-order valence-corrected chi connectivity index (χ1v) is 8.00. The second-order valence-corrected chi connectivity index (χ2v) is 5.17. The van der Waals surface area contributed by atoms with Gasteiger partial charge in [-0.05, 0) is 32.6 Å². The number of unbranched alkanes of at least 4 members (excludes halogenated alkanes) is 1. The van der Waals surface area contributed by atoms with Crippen LogP contribution in [0.25, 0.3) is 0 Å². The van der Waals surface area contributed by atoms with Gasteiger partial charge in [0.1, 0.15) is 0 Å². The third-order valence-electron chi connectivity index (χ3n) is 3.40. The summed E-state index contributed by atoms with van der Waals surface area (Å²) in [6.07, 6.45) is 9.13. The molecule has 2 N–H and O–H groups in total. The molecule has 0 spiro atoms. The Morgan fingerprint density at radius 1 is 1.16 bits per heavy atom. The Hall–Kier alpha value is -0.770. The van der Waals surface area contributed by atoms with Crippen molar-refractivity contribution in [3.8, 4) is 0 Å². The average Bonchev–Trinajstić information content (AvgIpc) is 2.91. The van der Waals surface area contributed by atoms with Gasteiger partial charge in [-0.3, -0.25) is 4.99 Å². The molecule has 0 atom stereocenters. The molecule has 0 heterocycles. The predicted molar refractivity (Wildman–Crippen MR) is 81.7 cm³/mol. The van der Waals surface area contributed by atoms with Gasteiger partial charge in [0.05, 0.1) is 6.10 Å². The van der Waals surface area contributed by atoms with Crippen molar-refractivity contribution in [3.63, 3.8) is 0 Å². The summed E-state index contributed by atoms with van der Waals surface area (Å²) in [6, 6.07) is 0. The molecule has 1 aliphatic carbocycles. The lowest BCUT2D eigenvalue weighted by atomic mass is 10.3. The molecule has 112 valence electrons. The first kappa shape index (κ1) is 16.3. The Labute approximate surface area is 118 Å². The van der Waals surface area contributed by atoms with Gasteiger partial charge in [-0.2, -0.15) is 0 Å². The van der Waals surface area contributed by atoms with Crippen LogP contribution in [0.4, 0.5) is 0 Å². The highest BCUT2D eigenvalue weighted by Crippen LogP contribution is 2.20. The topological polar surface area (TPSA) is 45.7 Å². The molecule has 0 aliphatic heterocycles. The Balaban J connectivity index is 2.07. The summed E-state index contributed by atoms with van der Waals surface area (Å²) in [7, 11) is 0. The number of rotatable bonds is 9. The number of hydrogen-bond acceptors (Lipinski definition) is 2. The van der Waals surface area contributed by atoms with E-state index in [2.05, 4.69) is 29.5 Å². The van der Waals surface area contributed by atoms with Crippen LogP contribution >= 0.6 is 0 Å². The summed E-state index contributed by atoms with van der Waals surface area (Å²) in [5.41, 5.74) is 0. The summed E-state index contributed by atoms with van der Waals surface area (Å²) < 4.78 is 5.83. The SMILES string of the molecule is CCCCNC(=NCCCOC1CCCC1)NCC. The molecular weight excluding hydrogens is 238 g/mol. The fourth-order valence-corrected chi connectivity index (χ4v) is 2.29. The van der Waals surface area contributed by atoms with Crippen molar-refractivity contribution in [1.82, 2.24) is 10.6 Å². The minimum Gasteiger partial charge on any atom is -0.378 e. The van der Waals surface area contributed by atoms with Gasteiger partial charge in [0.2, 0.25) is 0 Å². The zero-order valence-corrected chi connectivity index (χ0v) is 12.7. The van der Waals surface area contributed by atoms with Crippen LogP contribution in [-0.2, 0) is 4.74 Å². The van der Waals surface area contributed by atoms with Crippen molar-refractivity contribution in [2.24, 2.45) is 4.99 Å². The number of guanidine groups is 1. The third-order valence-corrected chi connectivity index (χ3v) is 3.40. The van der Waals surface area contributed by atoms with E-state index in [1.165, 1.54) is 38.5 Å². The highest BCUT2D eigenvalue weighted by molar-refractivity contribution is 5.79. The zero-order valence-electron chi connectivity index (χ0n) is 12.7. The maximum absolute atomic E-state index is 5.83. The molecule has 1 rings (SSSR count). The van der Waals surface area contributed by atoms with Crippen molar-refractivity contribution in [2.75, 3.05) is 26.2 Å². The lowest BCUT2D eigenvalue weighted by molar-refractivity contribution is 0.0579. The molecule has 0 aromatic heterocycles. The Morgan fingerprint density at radius 2 is 1.95 bits per heavy atom. The second kappa shape index (κ2) is 11.1. The Morgan fingerprint density at radius 3 is 2.63 bits per heavy atom. The molecule has 4 heteroatoms. The monoisotopic (exact) mass is 269 g/mol. The summed E-state index contributed by atoms with van der Waals surface area (Å²) in [5, 5.41) is 6.62. The fourth-order valence-electron chi connectivity index (χ4n) is 2.29. The Kier molecular flexibility index (Phi) is 9.51.